The van der Waals surface area contributed by atoms with Crippen LogP contribution in [-0.4, -0.2) is 18.9 Å². The van der Waals surface area contributed by atoms with Crippen LogP contribution in [0, 0.1) is 0 Å². The molecular weight excluding hydrogens is 377 g/mol. The summed E-state index contributed by atoms with van der Waals surface area (Å²) in [5, 5.41) is 1.28. The van der Waals surface area contributed by atoms with Crippen molar-refractivity contribution in [3.05, 3.63) is 69.2 Å². The van der Waals surface area contributed by atoms with E-state index >= 15 is 0 Å². The fourth-order valence-corrected chi connectivity index (χ4v) is 3.64. The topological polar surface area (TPSA) is 21.6 Å². The zero-order valence-corrected chi connectivity index (χ0v) is 17.2. The molecule has 0 bridgehead atoms. The third-order valence-electron chi connectivity index (χ3n) is 4.67. The average Bonchev–Trinajstić information content (AvgIpc) is 2.67. The van der Waals surface area contributed by atoms with Crippen LogP contribution < -0.4 is 4.74 Å². The molecule has 1 aliphatic heterocycles. The molecule has 3 rings (SSSR count). The second-order valence-corrected chi connectivity index (χ2v) is 7.59. The monoisotopic (exact) mass is 401 g/mol. The Labute approximate surface area is 171 Å². The maximum Gasteiger partial charge on any atom is 0.119 e. The highest BCUT2D eigenvalue weighted by Gasteiger charge is 2.13. The van der Waals surface area contributed by atoms with Crippen molar-refractivity contribution in [3.8, 4) is 5.75 Å². The second kappa shape index (κ2) is 9.96. The Kier molecular flexibility index (Phi) is 7.37. The van der Waals surface area contributed by atoms with Gasteiger partial charge in [-0.3, -0.25) is 4.99 Å². The van der Waals surface area contributed by atoms with Gasteiger partial charge in [-0.2, -0.15) is 0 Å². The smallest absolute Gasteiger partial charge is 0.119 e. The molecule has 0 spiro atoms. The lowest BCUT2D eigenvalue weighted by molar-refractivity contribution is 0.305. The van der Waals surface area contributed by atoms with E-state index in [9.17, 15) is 0 Å². The molecule has 0 aromatic heterocycles. The molecule has 4 heteroatoms. The predicted octanol–water partition coefficient (Wildman–Crippen LogP) is 7.01. The molecule has 0 aliphatic carbocycles. The van der Waals surface area contributed by atoms with E-state index in [1.165, 1.54) is 30.4 Å². The standard InChI is InChI=1S/C23H25Cl2NO/c1-2-3-4-5-14-27-20-9-10-21-18(15-20)12-13-26-23(21)11-7-17-6-8-19(24)16-22(17)25/h6-11,15-16H,2-5,12-14H2,1H3. The first-order valence-electron chi connectivity index (χ1n) is 9.61. The van der Waals surface area contributed by atoms with Crippen LogP contribution in [0.25, 0.3) is 6.08 Å². The average molecular weight is 402 g/mol. The van der Waals surface area contributed by atoms with Crippen LogP contribution in [0.2, 0.25) is 10.0 Å². The molecule has 2 aromatic carbocycles. The Morgan fingerprint density at radius 2 is 1.93 bits per heavy atom. The van der Waals surface area contributed by atoms with Crippen molar-refractivity contribution in [2.75, 3.05) is 13.2 Å². The minimum Gasteiger partial charge on any atom is -0.494 e. The van der Waals surface area contributed by atoms with Crippen molar-refractivity contribution in [2.45, 2.75) is 39.0 Å². The third-order valence-corrected chi connectivity index (χ3v) is 5.23. The van der Waals surface area contributed by atoms with Gasteiger partial charge in [0.15, 0.2) is 0 Å². The first-order chi connectivity index (χ1) is 13.2. The number of nitrogens with zero attached hydrogens (tertiary/aromatic N) is 1. The number of hydrogen-bond acceptors (Lipinski definition) is 2. The SMILES string of the molecule is CCCCCCOc1ccc2c(c1)CCN=C2C=Cc1ccc(Cl)cc1Cl. The summed E-state index contributed by atoms with van der Waals surface area (Å²) in [5.74, 6) is 0.955. The number of aliphatic imine (C=N–C) groups is 1. The van der Waals surface area contributed by atoms with Gasteiger partial charge in [-0.05, 0) is 60.4 Å². The fourth-order valence-electron chi connectivity index (χ4n) is 3.17. The summed E-state index contributed by atoms with van der Waals surface area (Å²) in [6.45, 7) is 3.80. The minimum atomic E-state index is 0.639. The number of halogens is 2. The number of allylic oxidation sites excluding steroid dienone is 1. The van der Waals surface area contributed by atoms with Crippen molar-refractivity contribution >= 4 is 35.0 Å². The zero-order valence-electron chi connectivity index (χ0n) is 15.7. The first-order valence-corrected chi connectivity index (χ1v) is 10.4. The Morgan fingerprint density at radius 3 is 2.74 bits per heavy atom. The molecule has 0 amide bonds. The summed E-state index contributed by atoms with van der Waals surface area (Å²) in [6.07, 6.45) is 9.83. The van der Waals surface area contributed by atoms with Crippen molar-refractivity contribution in [1.82, 2.24) is 0 Å². The van der Waals surface area contributed by atoms with E-state index in [0.717, 1.165) is 43.0 Å². The largest absolute Gasteiger partial charge is 0.494 e. The van der Waals surface area contributed by atoms with E-state index in [1.54, 1.807) is 6.07 Å². The number of rotatable bonds is 8. The minimum absolute atomic E-state index is 0.639. The second-order valence-electron chi connectivity index (χ2n) is 6.74. The molecule has 0 fully saturated rings. The summed E-state index contributed by atoms with van der Waals surface area (Å²) in [6, 6.07) is 11.8. The highest BCUT2D eigenvalue weighted by atomic mass is 35.5. The molecule has 0 unspecified atom stereocenters. The van der Waals surface area contributed by atoms with E-state index < -0.39 is 0 Å². The van der Waals surface area contributed by atoms with Gasteiger partial charge in [0.2, 0.25) is 0 Å². The van der Waals surface area contributed by atoms with Gasteiger partial charge in [0.1, 0.15) is 5.75 Å². The molecule has 0 radical (unpaired) electrons. The fraction of sp³-hybridized carbons (Fsp3) is 0.348. The van der Waals surface area contributed by atoms with Crippen LogP contribution >= 0.6 is 23.2 Å². The first kappa shape index (κ1) is 20.0. The van der Waals surface area contributed by atoms with Gasteiger partial charge >= 0.3 is 0 Å². The van der Waals surface area contributed by atoms with Crippen molar-refractivity contribution in [3.63, 3.8) is 0 Å². The lowest BCUT2D eigenvalue weighted by Gasteiger charge is -2.16. The number of ether oxygens (including phenoxy) is 1. The maximum atomic E-state index is 6.26. The molecule has 2 aromatic rings. The summed E-state index contributed by atoms with van der Waals surface area (Å²) < 4.78 is 5.92. The molecule has 0 N–H and O–H groups in total. The van der Waals surface area contributed by atoms with Crippen LogP contribution in [0.1, 0.15) is 49.3 Å². The van der Waals surface area contributed by atoms with Crippen molar-refractivity contribution < 1.29 is 4.74 Å². The summed E-state index contributed by atoms with van der Waals surface area (Å²) >= 11 is 12.2. The van der Waals surface area contributed by atoms with Gasteiger partial charge in [-0.25, -0.2) is 0 Å². The number of benzene rings is 2. The van der Waals surface area contributed by atoms with Crippen molar-refractivity contribution in [1.29, 1.82) is 0 Å². The third kappa shape index (κ3) is 5.60. The molecule has 1 aliphatic rings. The predicted molar refractivity (Wildman–Crippen MR) is 117 cm³/mol. The Balaban J connectivity index is 1.68. The van der Waals surface area contributed by atoms with Crippen LogP contribution in [0.3, 0.4) is 0 Å². The quantitative estimate of drug-likeness (QED) is 0.435. The van der Waals surface area contributed by atoms with Crippen molar-refractivity contribution in [2.24, 2.45) is 4.99 Å². The Morgan fingerprint density at radius 1 is 1.04 bits per heavy atom. The van der Waals surface area contributed by atoms with E-state index in [1.807, 2.05) is 30.4 Å². The van der Waals surface area contributed by atoms with Crippen LogP contribution in [-0.2, 0) is 6.42 Å². The van der Waals surface area contributed by atoms with Crippen LogP contribution in [0.15, 0.2) is 47.5 Å². The van der Waals surface area contributed by atoms with Gasteiger partial charge < -0.3 is 4.74 Å². The molecule has 0 atom stereocenters. The van der Waals surface area contributed by atoms with Gasteiger partial charge in [0.05, 0.1) is 12.3 Å². The lowest BCUT2D eigenvalue weighted by Crippen LogP contribution is -2.11. The Hall–Kier alpha value is -1.77. The van der Waals surface area contributed by atoms with Crippen LogP contribution in [0.5, 0.6) is 5.75 Å². The molecule has 142 valence electrons. The molecule has 0 saturated heterocycles. The number of fused-ring (bicyclic) bond motifs is 1. The highest BCUT2D eigenvalue weighted by molar-refractivity contribution is 6.35. The van der Waals surface area contributed by atoms with E-state index in [0.29, 0.717) is 10.0 Å². The lowest BCUT2D eigenvalue weighted by atomic mass is 9.96. The number of unbranched alkanes of at least 4 members (excludes halogenated alkanes) is 3. The summed E-state index contributed by atoms with van der Waals surface area (Å²) in [5.41, 5.74) is 4.37. The molecule has 0 saturated carbocycles. The van der Waals surface area contributed by atoms with Gasteiger partial charge in [-0.1, -0.05) is 61.5 Å². The van der Waals surface area contributed by atoms with E-state index in [2.05, 4.69) is 24.0 Å². The molecular formula is C23H25Cl2NO. The van der Waals surface area contributed by atoms with E-state index in [-0.39, 0.29) is 0 Å². The Bertz CT molecular complexity index is 842. The normalized spacial score (nSPS) is 13.5. The summed E-state index contributed by atoms with van der Waals surface area (Å²) in [4.78, 5) is 4.68. The maximum absolute atomic E-state index is 6.26. The van der Waals surface area contributed by atoms with Gasteiger partial charge in [0.25, 0.3) is 0 Å². The summed E-state index contributed by atoms with van der Waals surface area (Å²) in [7, 11) is 0. The highest BCUT2D eigenvalue weighted by Crippen LogP contribution is 2.25. The molecule has 2 nitrogen and oxygen atoms in total. The van der Waals surface area contributed by atoms with Gasteiger partial charge in [0, 0.05) is 22.2 Å². The molecule has 27 heavy (non-hydrogen) atoms. The van der Waals surface area contributed by atoms with E-state index in [4.69, 9.17) is 27.9 Å². The number of hydrogen-bond donors (Lipinski definition) is 0. The van der Waals surface area contributed by atoms with Crippen LogP contribution in [0.4, 0.5) is 0 Å². The van der Waals surface area contributed by atoms with Gasteiger partial charge in [-0.15, -0.1) is 0 Å². The molecule has 1 heterocycles. The zero-order chi connectivity index (χ0) is 19.1.